The van der Waals surface area contributed by atoms with Crippen LogP contribution in [0.3, 0.4) is 0 Å². The molecule has 1 saturated carbocycles. The smallest absolute Gasteiger partial charge is 0.264 e. The maximum absolute atomic E-state index is 14.1. The predicted octanol–water partition coefficient (Wildman–Crippen LogP) is 5.72. The molecule has 1 fully saturated rings. The molecule has 0 bridgehead atoms. The van der Waals surface area contributed by atoms with Gasteiger partial charge >= 0.3 is 0 Å². The van der Waals surface area contributed by atoms with Gasteiger partial charge in [-0.05, 0) is 86.3 Å². The van der Waals surface area contributed by atoms with Gasteiger partial charge in [0.25, 0.3) is 10.0 Å². The topological polar surface area (TPSA) is 96.0 Å². The number of halogens is 1. The van der Waals surface area contributed by atoms with Crippen LogP contribution in [0, 0.1) is 6.92 Å². The molecule has 3 aromatic rings. The summed E-state index contributed by atoms with van der Waals surface area (Å²) in [7, 11) is -2.69. The summed E-state index contributed by atoms with van der Waals surface area (Å²) in [6.45, 7) is 3.28. The number of ether oxygens (including phenoxy) is 1. The number of sulfonamides is 1. The molecule has 1 N–H and O–H groups in total. The second kappa shape index (κ2) is 14.1. The van der Waals surface area contributed by atoms with Crippen LogP contribution in [-0.2, 0) is 26.2 Å². The lowest BCUT2D eigenvalue weighted by molar-refractivity contribution is -0.139. The summed E-state index contributed by atoms with van der Waals surface area (Å²) < 4.78 is 34.2. The van der Waals surface area contributed by atoms with Crippen molar-refractivity contribution in [2.45, 2.75) is 69.5 Å². The van der Waals surface area contributed by atoms with E-state index in [0.717, 1.165) is 47.5 Å². The van der Waals surface area contributed by atoms with Crippen molar-refractivity contribution in [1.29, 1.82) is 0 Å². The normalized spacial score (nSPS) is 14.6. The average Bonchev–Trinajstić information content (AvgIpc) is 3.00. The van der Waals surface area contributed by atoms with E-state index in [2.05, 4.69) is 5.32 Å². The van der Waals surface area contributed by atoms with E-state index in [1.165, 1.54) is 24.1 Å². The van der Waals surface area contributed by atoms with Crippen LogP contribution in [0.5, 0.6) is 5.75 Å². The van der Waals surface area contributed by atoms with Crippen LogP contribution in [0.2, 0.25) is 5.02 Å². The zero-order valence-electron chi connectivity index (χ0n) is 24.3. The molecule has 3 aromatic carbocycles. The number of hydrogen-bond donors (Lipinski definition) is 1. The number of hydrogen-bond acceptors (Lipinski definition) is 5. The minimum Gasteiger partial charge on any atom is -0.497 e. The minimum atomic E-state index is -4.18. The van der Waals surface area contributed by atoms with Crippen molar-refractivity contribution in [3.63, 3.8) is 0 Å². The van der Waals surface area contributed by atoms with Crippen LogP contribution < -0.4 is 14.4 Å². The Labute approximate surface area is 253 Å². The third kappa shape index (κ3) is 7.63. The Bertz CT molecular complexity index is 1470. The summed E-state index contributed by atoms with van der Waals surface area (Å²) in [5, 5.41) is 3.55. The summed E-state index contributed by atoms with van der Waals surface area (Å²) in [5.74, 6) is -0.248. The zero-order chi connectivity index (χ0) is 30.3. The van der Waals surface area contributed by atoms with E-state index >= 15 is 0 Å². The molecule has 0 aromatic heterocycles. The standard InChI is InChI=1S/C32H38ClN3O5S/c1-23-9-7-8-10-25(23)21-35(24(2)32(38)34-27-11-5-4-6-12-27)31(37)22-36(28-15-13-26(33)14-16-28)42(39,40)30-19-17-29(41-3)18-20-30/h7-10,13-20,24,27H,4-6,11-12,21-22H2,1-3H3,(H,34,38). The lowest BCUT2D eigenvalue weighted by Crippen LogP contribution is -2.53. The molecule has 8 nitrogen and oxygen atoms in total. The van der Waals surface area contributed by atoms with Gasteiger partial charge in [0.2, 0.25) is 11.8 Å². The number of rotatable bonds is 11. The Morgan fingerprint density at radius 2 is 1.62 bits per heavy atom. The number of anilines is 1. The second-order valence-electron chi connectivity index (χ2n) is 10.6. The Hall–Kier alpha value is -3.56. The Morgan fingerprint density at radius 1 is 0.976 bits per heavy atom. The number of nitrogens with one attached hydrogen (secondary N) is 1. The quantitative estimate of drug-likeness (QED) is 0.299. The molecule has 0 saturated heterocycles. The number of nitrogens with zero attached hydrogens (tertiary/aromatic N) is 2. The molecule has 1 aliphatic carbocycles. The number of carbonyl (C=O) groups is 2. The maximum atomic E-state index is 14.1. The molecule has 42 heavy (non-hydrogen) atoms. The van der Waals surface area contributed by atoms with Crippen molar-refractivity contribution in [2.24, 2.45) is 0 Å². The number of carbonyl (C=O) groups excluding carboxylic acids is 2. The lowest BCUT2D eigenvalue weighted by Gasteiger charge is -2.33. The first kappa shape index (κ1) is 31.4. The first-order valence-electron chi connectivity index (χ1n) is 14.2. The first-order chi connectivity index (χ1) is 20.1. The van der Waals surface area contributed by atoms with Gasteiger partial charge in [-0.1, -0.05) is 55.1 Å². The molecule has 1 aliphatic rings. The Kier molecular flexibility index (Phi) is 10.5. The summed E-state index contributed by atoms with van der Waals surface area (Å²) in [5.41, 5.74) is 2.12. The number of aryl methyl sites for hydroxylation is 1. The molecule has 2 amide bonds. The molecule has 0 aliphatic heterocycles. The fourth-order valence-corrected chi connectivity index (χ4v) is 6.67. The Morgan fingerprint density at radius 3 is 2.24 bits per heavy atom. The van der Waals surface area contributed by atoms with E-state index in [9.17, 15) is 18.0 Å². The lowest BCUT2D eigenvalue weighted by atomic mass is 9.95. The first-order valence-corrected chi connectivity index (χ1v) is 16.0. The van der Waals surface area contributed by atoms with Gasteiger partial charge in [-0.25, -0.2) is 8.42 Å². The molecule has 0 radical (unpaired) electrons. The molecule has 4 rings (SSSR count). The van der Waals surface area contributed by atoms with Crippen molar-refractivity contribution >= 4 is 39.1 Å². The fraction of sp³-hybridized carbons (Fsp3) is 0.375. The number of methoxy groups -OCH3 is 1. The molecular weight excluding hydrogens is 574 g/mol. The van der Waals surface area contributed by atoms with Gasteiger partial charge in [-0.3, -0.25) is 13.9 Å². The molecule has 0 spiro atoms. The monoisotopic (exact) mass is 611 g/mol. The number of amides is 2. The van der Waals surface area contributed by atoms with E-state index in [1.807, 2.05) is 31.2 Å². The fourth-order valence-electron chi connectivity index (χ4n) is 5.13. The molecule has 224 valence electrons. The van der Waals surface area contributed by atoms with Crippen LogP contribution in [0.4, 0.5) is 5.69 Å². The van der Waals surface area contributed by atoms with E-state index in [0.29, 0.717) is 10.8 Å². The van der Waals surface area contributed by atoms with E-state index in [4.69, 9.17) is 16.3 Å². The molecule has 0 heterocycles. The van der Waals surface area contributed by atoms with Crippen molar-refractivity contribution in [3.8, 4) is 5.75 Å². The molecular formula is C32H38ClN3O5S. The highest BCUT2D eigenvalue weighted by atomic mass is 35.5. The van der Waals surface area contributed by atoms with Crippen molar-refractivity contribution in [1.82, 2.24) is 10.2 Å². The van der Waals surface area contributed by atoms with Gasteiger partial charge in [0.15, 0.2) is 0 Å². The van der Waals surface area contributed by atoms with Crippen LogP contribution in [-0.4, -0.2) is 50.9 Å². The van der Waals surface area contributed by atoms with Gasteiger partial charge < -0.3 is 15.0 Å². The molecule has 1 unspecified atom stereocenters. The highest BCUT2D eigenvalue weighted by Gasteiger charge is 2.33. The number of benzene rings is 3. The van der Waals surface area contributed by atoms with Gasteiger partial charge in [0, 0.05) is 17.6 Å². The Balaban J connectivity index is 1.68. The highest BCUT2D eigenvalue weighted by Crippen LogP contribution is 2.27. The average molecular weight is 612 g/mol. The van der Waals surface area contributed by atoms with Crippen LogP contribution in [0.15, 0.2) is 77.7 Å². The largest absolute Gasteiger partial charge is 0.497 e. The van der Waals surface area contributed by atoms with Crippen LogP contribution in [0.1, 0.15) is 50.2 Å². The predicted molar refractivity (Wildman–Crippen MR) is 165 cm³/mol. The van der Waals surface area contributed by atoms with Crippen molar-refractivity contribution < 1.29 is 22.7 Å². The van der Waals surface area contributed by atoms with E-state index in [-0.39, 0.29) is 29.1 Å². The molecule has 1 atom stereocenters. The van der Waals surface area contributed by atoms with E-state index in [1.54, 1.807) is 43.3 Å². The SMILES string of the molecule is COc1ccc(S(=O)(=O)N(CC(=O)N(Cc2ccccc2C)C(C)C(=O)NC2CCCCC2)c2ccc(Cl)cc2)cc1. The maximum Gasteiger partial charge on any atom is 0.264 e. The third-order valence-corrected chi connectivity index (χ3v) is 9.80. The summed E-state index contributed by atoms with van der Waals surface area (Å²) in [4.78, 5) is 29.0. The highest BCUT2D eigenvalue weighted by molar-refractivity contribution is 7.92. The van der Waals surface area contributed by atoms with Crippen LogP contribution in [0.25, 0.3) is 0 Å². The summed E-state index contributed by atoms with van der Waals surface area (Å²) >= 11 is 6.10. The van der Waals surface area contributed by atoms with Crippen molar-refractivity contribution in [2.75, 3.05) is 18.0 Å². The van der Waals surface area contributed by atoms with Gasteiger partial charge in [-0.15, -0.1) is 0 Å². The van der Waals surface area contributed by atoms with Gasteiger partial charge in [0.05, 0.1) is 17.7 Å². The van der Waals surface area contributed by atoms with Gasteiger partial charge in [-0.2, -0.15) is 0 Å². The summed E-state index contributed by atoms with van der Waals surface area (Å²) in [6, 6.07) is 19.1. The van der Waals surface area contributed by atoms with Gasteiger partial charge in [0.1, 0.15) is 18.3 Å². The van der Waals surface area contributed by atoms with Crippen LogP contribution >= 0.6 is 11.6 Å². The third-order valence-electron chi connectivity index (χ3n) is 7.76. The van der Waals surface area contributed by atoms with Crippen molar-refractivity contribution in [3.05, 3.63) is 88.9 Å². The van der Waals surface area contributed by atoms with E-state index < -0.39 is 28.5 Å². The zero-order valence-corrected chi connectivity index (χ0v) is 25.8. The second-order valence-corrected chi connectivity index (χ2v) is 12.9. The summed E-state index contributed by atoms with van der Waals surface area (Å²) in [6.07, 6.45) is 5.10. The molecule has 10 heteroatoms. The minimum absolute atomic E-state index is 0.000376.